The maximum atomic E-state index is 12.7. The Kier molecular flexibility index (Phi) is 5.80. The summed E-state index contributed by atoms with van der Waals surface area (Å²) < 4.78 is 0. The molecule has 1 unspecified atom stereocenters. The minimum absolute atomic E-state index is 0.0912. The number of carbonyl (C=O) groups is 5. The molecular weight excluding hydrogens is 434 g/mol. The monoisotopic (exact) mass is 453 g/mol. The average molecular weight is 454 g/mol. The quantitative estimate of drug-likeness (QED) is 0.408. The molecule has 4 rings (SSSR count). The van der Waals surface area contributed by atoms with Crippen LogP contribution in [-0.2, 0) is 27.5 Å². The number of hydrogen-bond acceptors (Lipinski definition) is 5. The van der Waals surface area contributed by atoms with Crippen LogP contribution in [0, 0.1) is 6.92 Å². The molecule has 0 bridgehead atoms. The molecule has 2 aliphatic heterocycles. The second-order valence-electron chi connectivity index (χ2n) is 7.89. The predicted octanol–water partition coefficient (Wildman–Crippen LogP) is 1.91. The Morgan fingerprint density at radius 1 is 1.16 bits per heavy atom. The third-order valence-electron chi connectivity index (χ3n) is 5.62. The summed E-state index contributed by atoms with van der Waals surface area (Å²) in [4.78, 5) is 62.4. The van der Waals surface area contributed by atoms with Gasteiger partial charge in [0.1, 0.15) is 6.04 Å². The second kappa shape index (κ2) is 8.55. The highest BCUT2D eigenvalue weighted by Gasteiger charge is 2.39. The van der Waals surface area contributed by atoms with Crippen LogP contribution in [0.2, 0.25) is 5.02 Å². The van der Waals surface area contributed by atoms with E-state index >= 15 is 0 Å². The van der Waals surface area contributed by atoms with E-state index in [4.69, 9.17) is 11.6 Å². The van der Waals surface area contributed by atoms with Crippen LogP contribution < -0.4 is 10.6 Å². The number of ketones is 1. The molecule has 9 heteroatoms. The average Bonchev–Trinajstić information content (AvgIpc) is 3.07. The summed E-state index contributed by atoms with van der Waals surface area (Å²) in [7, 11) is 0. The molecule has 1 fully saturated rings. The molecule has 4 amide bonds. The molecule has 8 nitrogen and oxygen atoms in total. The second-order valence-corrected chi connectivity index (χ2v) is 8.29. The number of amides is 4. The van der Waals surface area contributed by atoms with Crippen molar-refractivity contribution in [3.63, 3.8) is 0 Å². The number of carbonyl (C=O) groups excluding carboxylic acids is 5. The molecular formula is C23H20ClN3O5. The number of fused-ring (bicyclic) bond motifs is 1. The van der Waals surface area contributed by atoms with Crippen LogP contribution in [0.5, 0.6) is 0 Å². The van der Waals surface area contributed by atoms with Gasteiger partial charge < -0.3 is 10.2 Å². The topological polar surface area (TPSA) is 113 Å². The zero-order chi connectivity index (χ0) is 23.0. The Labute approximate surface area is 188 Å². The molecule has 164 valence electrons. The van der Waals surface area contributed by atoms with E-state index in [1.165, 1.54) is 11.0 Å². The standard InChI is InChI=1S/C23H20ClN3O5/c1-12-2-4-16(17(24)8-12)20(29)22(31)25-10-13-3-5-15-14(9-13)11-27(23(15)32)18-6-7-19(28)26-21(18)30/h2-5,8-9,18H,6-7,10-11H2,1H3,(H,25,31)(H,26,28,30). The molecule has 0 spiro atoms. The number of benzene rings is 2. The van der Waals surface area contributed by atoms with Gasteiger partial charge in [0.2, 0.25) is 11.8 Å². The van der Waals surface area contributed by atoms with Crippen LogP contribution in [0.15, 0.2) is 36.4 Å². The van der Waals surface area contributed by atoms with E-state index in [1.54, 1.807) is 30.3 Å². The normalized spacial score (nSPS) is 17.8. The van der Waals surface area contributed by atoms with Crippen LogP contribution in [-0.4, -0.2) is 40.4 Å². The van der Waals surface area contributed by atoms with Crippen molar-refractivity contribution in [2.75, 3.05) is 0 Å². The Morgan fingerprint density at radius 3 is 2.66 bits per heavy atom. The molecule has 1 saturated heterocycles. The smallest absolute Gasteiger partial charge is 0.292 e. The summed E-state index contributed by atoms with van der Waals surface area (Å²) in [5.74, 6) is -2.58. The Bertz CT molecular complexity index is 1180. The minimum Gasteiger partial charge on any atom is -0.345 e. The van der Waals surface area contributed by atoms with Gasteiger partial charge in [-0.15, -0.1) is 0 Å². The maximum absolute atomic E-state index is 12.7. The maximum Gasteiger partial charge on any atom is 0.292 e. The van der Waals surface area contributed by atoms with Crippen molar-refractivity contribution in [3.05, 3.63) is 69.2 Å². The Hall–Kier alpha value is -3.52. The van der Waals surface area contributed by atoms with Crippen LogP contribution in [0.25, 0.3) is 0 Å². The number of halogens is 1. The van der Waals surface area contributed by atoms with Gasteiger partial charge in [-0.2, -0.15) is 0 Å². The molecule has 2 aliphatic rings. The number of hydrogen-bond donors (Lipinski definition) is 2. The van der Waals surface area contributed by atoms with Gasteiger partial charge in [-0.25, -0.2) is 0 Å². The van der Waals surface area contributed by atoms with Crippen LogP contribution >= 0.6 is 11.6 Å². The SMILES string of the molecule is Cc1ccc(C(=O)C(=O)NCc2ccc3c(c2)CN(C2CCC(=O)NC2=O)C3=O)c(Cl)c1. The lowest BCUT2D eigenvalue weighted by Crippen LogP contribution is -2.52. The summed E-state index contributed by atoms with van der Waals surface area (Å²) in [6, 6.07) is 9.25. The molecule has 0 aromatic heterocycles. The van der Waals surface area contributed by atoms with Gasteiger partial charge in [-0.3, -0.25) is 29.3 Å². The number of aryl methyl sites for hydroxylation is 1. The summed E-state index contributed by atoms with van der Waals surface area (Å²) in [5.41, 5.74) is 2.92. The van der Waals surface area contributed by atoms with Crippen molar-refractivity contribution in [3.8, 4) is 0 Å². The summed E-state index contributed by atoms with van der Waals surface area (Å²) in [6.07, 6.45) is 0.476. The first-order valence-corrected chi connectivity index (χ1v) is 10.5. The van der Waals surface area contributed by atoms with Gasteiger partial charge in [0, 0.05) is 30.6 Å². The highest BCUT2D eigenvalue weighted by atomic mass is 35.5. The molecule has 0 saturated carbocycles. The highest BCUT2D eigenvalue weighted by Crippen LogP contribution is 2.28. The van der Waals surface area contributed by atoms with E-state index in [0.717, 1.165) is 11.1 Å². The van der Waals surface area contributed by atoms with Crippen LogP contribution in [0.3, 0.4) is 0 Å². The van der Waals surface area contributed by atoms with Crippen LogP contribution in [0.4, 0.5) is 0 Å². The number of nitrogens with zero attached hydrogens (tertiary/aromatic N) is 1. The van der Waals surface area contributed by atoms with Gasteiger partial charge >= 0.3 is 0 Å². The fourth-order valence-electron chi connectivity index (χ4n) is 3.93. The van der Waals surface area contributed by atoms with Crippen molar-refractivity contribution in [2.45, 2.75) is 38.9 Å². The van der Waals surface area contributed by atoms with E-state index in [-0.39, 0.29) is 48.3 Å². The van der Waals surface area contributed by atoms with E-state index in [0.29, 0.717) is 11.1 Å². The number of imide groups is 1. The Morgan fingerprint density at radius 2 is 1.94 bits per heavy atom. The fraction of sp³-hybridized carbons (Fsp3) is 0.261. The van der Waals surface area contributed by atoms with Crippen molar-refractivity contribution in [1.29, 1.82) is 0 Å². The van der Waals surface area contributed by atoms with E-state index in [9.17, 15) is 24.0 Å². The number of nitrogens with one attached hydrogen (secondary N) is 2. The predicted molar refractivity (Wildman–Crippen MR) is 115 cm³/mol. The van der Waals surface area contributed by atoms with Gasteiger partial charge in [0.05, 0.1) is 5.02 Å². The van der Waals surface area contributed by atoms with Gasteiger partial charge in [0.25, 0.3) is 17.6 Å². The molecule has 2 aromatic carbocycles. The van der Waals surface area contributed by atoms with Crippen molar-refractivity contribution in [2.24, 2.45) is 0 Å². The molecule has 2 aromatic rings. The first-order chi connectivity index (χ1) is 15.2. The van der Waals surface area contributed by atoms with Gasteiger partial charge in [0.15, 0.2) is 0 Å². The van der Waals surface area contributed by atoms with E-state index in [2.05, 4.69) is 10.6 Å². The van der Waals surface area contributed by atoms with Gasteiger partial charge in [-0.1, -0.05) is 29.8 Å². The van der Waals surface area contributed by atoms with E-state index < -0.39 is 23.6 Å². The molecule has 2 heterocycles. The third kappa shape index (κ3) is 4.13. The molecule has 1 atom stereocenters. The summed E-state index contributed by atoms with van der Waals surface area (Å²) >= 11 is 6.07. The number of rotatable bonds is 5. The van der Waals surface area contributed by atoms with E-state index in [1.807, 2.05) is 6.92 Å². The van der Waals surface area contributed by atoms with Gasteiger partial charge in [-0.05, 0) is 48.2 Å². The zero-order valence-electron chi connectivity index (χ0n) is 17.2. The lowest BCUT2D eigenvalue weighted by atomic mass is 10.0. The van der Waals surface area contributed by atoms with Crippen molar-refractivity contribution < 1.29 is 24.0 Å². The summed E-state index contributed by atoms with van der Waals surface area (Å²) in [6.45, 7) is 2.16. The molecule has 0 radical (unpaired) electrons. The minimum atomic E-state index is -0.780. The largest absolute Gasteiger partial charge is 0.345 e. The first kappa shape index (κ1) is 21.7. The lowest BCUT2D eigenvalue weighted by molar-refractivity contribution is -0.137. The van der Waals surface area contributed by atoms with Crippen molar-refractivity contribution in [1.82, 2.24) is 15.5 Å². The first-order valence-electron chi connectivity index (χ1n) is 10.1. The summed E-state index contributed by atoms with van der Waals surface area (Å²) in [5, 5.41) is 5.07. The molecule has 2 N–H and O–H groups in total. The third-order valence-corrected chi connectivity index (χ3v) is 5.93. The zero-order valence-corrected chi connectivity index (χ0v) is 18.0. The lowest BCUT2D eigenvalue weighted by Gasteiger charge is -2.29. The van der Waals surface area contributed by atoms with Crippen molar-refractivity contribution >= 4 is 41.0 Å². The molecule has 32 heavy (non-hydrogen) atoms. The highest BCUT2D eigenvalue weighted by molar-refractivity contribution is 6.47. The Balaban J connectivity index is 1.42. The molecule has 0 aliphatic carbocycles. The fourth-order valence-corrected chi connectivity index (χ4v) is 4.25. The van der Waals surface area contributed by atoms with Crippen LogP contribution in [0.1, 0.15) is 50.2 Å². The number of piperidine rings is 1. The number of Topliss-reactive ketones (excluding diaryl/α,β-unsaturated/α-hetero) is 1.